The first-order valence-electron chi connectivity index (χ1n) is 11.7. The molecule has 5 rings (SSSR count). The summed E-state index contributed by atoms with van der Waals surface area (Å²) in [5, 5.41) is 4.49. The van der Waals surface area contributed by atoms with Gasteiger partial charge >= 0.3 is 0 Å². The largest absolute Gasteiger partial charge is 0.378 e. The Kier molecular flexibility index (Phi) is 7.01. The second-order valence-electron chi connectivity index (χ2n) is 8.75. The van der Waals surface area contributed by atoms with Crippen molar-refractivity contribution < 1.29 is 9.53 Å². The Morgan fingerprint density at radius 3 is 2.53 bits per heavy atom. The Hall–Kier alpha value is -3.32. The average Bonchev–Trinajstić information content (AvgIpc) is 2.90. The number of aryl methyl sites for hydroxylation is 1. The number of anilines is 1. The summed E-state index contributed by atoms with van der Waals surface area (Å²) in [7, 11) is 0. The van der Waals surface area contributed by atoms with Crippen LogP contribution in [0.1, 0.15) is 21.5 Å². The van der Waals surface area contributed by atoms with Crippen LogP contribution in [0.2, 0.25) is 10.0 Å². The van der Waals surface area contributed by atoms with Crippen molar-refractivity contribution in [3.8, 4) is 5.69 Å². The van der Waals surface area contributed by atoms with Crippen LogP contribution in [0, 0.1) is 6.92 Å². The van der Waals surface area contributed by atoms with Crippen molar-refractivity contribution in [1.29, 1.82) is 0 Å². The quantitative estimate of drug-likeness (QED) is 0.383. The molecule has 0 spiro atoms. The number of nitrogens with zero attached hydrogens (tertiary/aromatic N) is 2. The summed E-state index contributed by atoms with van der Waals surface area (Å²) in [5.74, 6) is -0.251. The summed E-state index contributed by atoms with van der Waals surface area (Å²) in [5.41, 5.74) is 4.16. The lowest BCUT2D eigenvalue weighted by atomic mass is 10.1. The van der Waals surface area contributed by atoms with E-state index in [0.717, 1.165) is 30.0 Å². The zero-order valence-electron chi connectivity index (χ0n) is 19.8. The number of halogens is 2. The predicted molar refractivity (Wildman–Crippen MR) is 145 cm³/mol. The number of nitrogens with one attached hydrogen (secondary N) is 1. The molecule has 1 aromatic heterocycles. The molecule has 8 heteroatoms. The van der Waals surface area contributed by atoms with Gasteiger partial charge in [0.05, 0.1) is 29.4 Å². The maximum absolute atomic E-state index is 13.3. The van der Waals surface area contributed by atoms with Gasteiger partial charge in [-0.15, -0.1) is 0 Å². The van der Waals surface area contributed by atoms with E-state index in [9.17, 15) is 9.59 Å². The molecule has 1 aliphatic rings. The van der Waals surface area contributed by atoms with E-state index in [1.807, 2.05) is 41.8 Å². The van der Waals surface area contributed by atoms with Gasteiger partial charge in [-0.05, 0) is 61.0 Å². The Balaban J connectivity index is 1.43. The number of aromatic nitrogens is 1. The molecule has 3 aromatic carbocycles. The summed E-state index contributed by atoms with van der Waals surface area (Å²) < 4.78 is 7.26. The van der Waals surface area contributed by atoms with Gasteiger partial charge in [0.2, 0.25) is 0 Å². The van der Waals surface area contributed by atoms with E-state index in [4.69, 9.17) is 27.9 Å². The van der Waals surface area contributed by atoms with Gasteiger partial charge in [0.1, 0.15) is 0 Å². The number of carbonyl (C=O) groups excluding carboxylic acids is 1. The van der Waals surface area contributed by atoms with Crippen LogP contribution in [0.3, 0.4) is 0 Å². The van der Waals surface area contributed by atoms with Crippen LogP contribution in [-0.4, -0.2) is 36.8 Å². The summed E-state index contributed by atoms with van der Waals surface area (Å²) in [6.45, 7) is 5.06. The number of carbonyl (C=O) groups is 1. The van der Waals surface area contributed by atoms with Crippen molar-refractivity contribution in [2.45, 2.75) is 13.5 Å². The fraction of sp³-hybridized carbons (Fsp3) is 0.214. The van der Waals surface area contributed by atoms with Gasteiger partial charge in [-0.1, -0.05) is 35.3 Å². The van der Waals surface area contributed by atoms with E-state index < -0.39 is 0 Å². The van der Waals surface area contributed by atoms with E-state index in [-0.39, 0.29) is 17.9 Å². The monoisotopic (exact) mass is 521 g/mol. The number of fused-ring (bicyclic) bond motifs is 1. The molecule has 0 saturated carbocycles. The summed E-state index contributed by atoms with van der Waals surface area (Å²) in [6.07, 6.45) is 1.73. The molecule has 0 atom stereocenters. The molecule has 184 valence electrons. The van der Waals surface area contributed by atoms with Crippen LogP contribution in [0.15, 0.2) is 71.7 Å². The molecule has 1 N–H and O–H groups in total. The molecule has 1 saturated heterocycles. The minimum atomic E-state index is -0.251. The molecule has 1 fully saturated rings. The normalized spacial score (nSPS) is 13.7. The van der Waals surface area contributed by atoms with Gasteiger partial charge in [0, 0.05) is 53.1 Å². The number of rotatable bonds is 5. The fourth-order valence-corrected chi connectivity index (χ4v) is 4.80. The van der Waals surface area contributed by atoms with Gasteiger partial charge < -0.3 is 19.5 Å². The van der Waals surface area contributed by atoms with Crippen LogP contribution in [-0.2, 0) is 11.3 Å². The lowest BCUT2D eigenvalue weighted by Crippen LogP contribution is -2.36. The molecule has 0 unspecified atom stereocenters. The highest BCUT2D eigenvalue weighted by Gasteiger charge is 2.16. The van der Waals surface area contributed by atoms with E-state index in [0.29, 0.717) is 45.3 Å². The molecular weight excluding hydrogens is 497 g/mol. The maximum atomic E-state index is 13.3. The smallest absolute Gasteiger partial charge is 0.251 e. The number of hydrogen-bond donors (Lipinski definition) is 1. The molecule has 4 aromatic rings. The summed E-state index contributed by atoms with van der Waals surface area (Å²) in [4.78, 5) is 28.4. The van der Waals surface area contributed by atoms with Crippen LogP contribution in [0.4, 0.5) is 5.69 Å². The molecule has 36 heavy (non-hydrogen) atoms. The minimum absolute atomic E-state index is 0.0743. The first-order valence-corrected chi connectivity index (χ1v) is 12.5. The van der Waals surface area contributed by atoms with Gasteiger partial charge in [-0.25, -0.2) is 0 Å². The van der Waals surface area contributed by atoms with Crippen LogP contribution in [0.25, 0.3) is 16.6 Å². The van der Waals surface area contributed by atoms with Gasteiger partial charge in [-0.3, -0.25) is 9.59 Å². The van der Waals surface area contributed by atoms with Crippen molar-refractivity contribution in [3.63, 3.8) is 0 Å². The van der Waals surface area contributed by atoms with E-state index >= 15 is 0 Å². The third-order valence-corrected chi connectivity index (χ3v) is 7.14. The fourth-order valence-electron chi connectivity index (χ4n) is 4.42. The highest BCUT2D eigenvalue weighted by Crippen LogP contribution is 2.28. The number of pyridine rings is 1. The van der Waals surface area contributed by atoms with Crippen LogP contribution >= 0.6 is 23.2 Å². The van der Waals surface area contributed by atoms with Gasteiger partial charge in [0.15, 0.2) is 5.43 Å². The first kappa shape index (κ1) is 24.4. The Labute approximate surface area is 219 Å². The Bertz CT molecular complexity index is 1490. The minimum Gasteiger partial charge on any atom is -0.378 e. The third-order valence-electron chi connectivity index (χ3n) is 6.42. The van der Waals surface area contributed by atoms with Crippen molar-refractivity contribution in [2.75, 3.05) is 31.2 Å². The average molecular weight is 522 g/mol. The SMILES string of the molecule is Cc1cccc(-n2cc(CNC(=O)c3ccc(N4CCOCC4)cc3)c(=O)c3ccc(Cl)cc32)c1Cl. The van der Waals surface area contributed by atoms with Crippen LogP contribution < -0.4 is 15.6 Å². The molecule has 1 amide bonds. The van der Waals surface area contributed by atoms with Crippen LogP contribution in [0.5, 0.6) is 0 Å². The number of ether oxygens (including phenoxy) is 1. The molecule has 0 aliphatic carbocycles. The second-order valence-corrected chi connectivity index (χ2v) is 9.57. The molecule has 0 bridgehead atoms. The number of amides is 1. The highest BCUT2D eigenvalue weighted by molar-refractivity contribution is 6.33. The first-order chi connectivity index (χ1) is 17.4. The summed E-state index contributed by atoms with van der Waals surface area (Å²) >= 11 is 12.9. The van der Waals surface area contributed by atoms with Gasteiger partial charge in [0.25, 0.3) is 5.91 Å². The predicted octanol–water partition coefficient (Wildman–Crippen LogP) is 5.37. The topological polar surface area (TPSA) is 63.6 Å². The van der Waals surface area contributed by atoms with Crippen molar-refractivity contribution in [3.05, 3.63) is 104 Å². The lowest BCUT2D eigenvalue weighted by molar-refractivity contribution is 0.0950. The standard InChI is InChI=1S/C28H25Cl2N3O3/c1-18-3-2-4-24(26(18)30)33-17-20(27(34)23-10-7-21(29)15-25(23)33)16-31-28(35)19-5-8-22(9-6-19)32-11-13-36-14-12-32/h2-10,15,17H,11-14,16H2,1H3,(H,31,35). The third kappa shape index (κ3) is 4.85. The molecule has 6 nitrogen and oxygen atoms in total. The maximum Gasteiger partial charge on any atom is 0.251 e. The van der Waals surface area contributed by atoms with E-state index in [1.54, 1.807) is 36.5 Å². The van der Waals surface area contributed by atoms with Gasteiger partial charge in [-0.2, -0.15) is 0 Å². The Morgan fingerprint density at radius 1 is 1.03 bits per heavy atom. The molecule has 2 heterocycles. The number of benzene rings is 3. The van der Waals surface area contributed by atoms with E-state index in [2.05, 4.69) is 10.2 Å². The molecule has 0 radical (unpaired) electrons. The molecular formula is C28H25Cl2N3O3. The van der Waals surface area contributed by atoms with Crippen molar-refractivity contribution in [1.82, 2.24) is 9.88 Å². The number of morpholine rings is 1. The van der Waals surface area contributed by atoms with Crippen molar-refractivity contribution >= 4 is 45.7 Å². The van der Waals surface area contributed by atoms with E-state index in [1.165, 1.54) is 0 Å². The molecule has 1 aliphatic heterocycles. The van der Waals surface area contributed by atoms with Crippen molar-refractivity contribution in [2.24, 2.45) is 0 Å². The zero-order valence-corrected chi connectivity index (χ0v) is 21.3. The number of hydrogen-bond acceptors (Lipinski definition) is 4. The highest BCUT2D eigenvalue weighted by atomic mass is 35.5. The lowest BCUT2D eigenvalue weighted by Gasteiger charge is -2.28. The Morgan fingerprint density at radius 2 is 1.78 bits per heavy atom. The zero-order chi connectivity index (χ0) is 25.2. The summed E-state index contributed by atoms with van der Waals surface area (Å²) in [6, 6.07) is 18.3. The second kappa shape index (κ2) is 10.3.